The molecule has 0 heterocycles. The molecular weight excluding hydrogens is 292 g/mol. The first-order valence-electron chi connectivity index (χ1n) is 8.08. The fraction of sp³-hybridized carbons (Fsp3) is 0. The quantitative estimate of drug-likeness (QED) is 0.367. The Morgan fingerprint density at radius 1 is 0.500 bits per heavy atom. The largest absolute Gasteiger partial charge is 0.298 e. The van der Waals surface area contributed by atoms with Crippen LogP contribution in [0.2, 0.25) is 0 Å². The summed E-state index contributed by atoms with van der Waals surface area (Å²) in [7, 11) is 0. The average Bonchev–Trinajstić information content (AvgIpc) is 2.98. The van der Waals surface area contributed by atoms with Crippen LogP contribution in [0.5, 0.6) is 0 Å². The van der Waals surface area contributed by atoms with E-state index in [2.05, 4.69) is 54.6 Å². The highest BCUT2D eigenvalue weighted by molar-refractivity contribution is 6.19. The molecule has 0 spiro atoms. The van der Waals surface area contributed by atoms with Gasteiger partial charge in [0.2, 0.25) is 0 Å². The van der Waals surface area contributed by atoms with Crippen molar-refractivity contribution >= 4 is 17.1 Å². The Labute approximate surface area is 140 Å². The van der Waals surface area contributed by atoms with Crippen molar-refractivity contribution in [3.05, 3.63) is 84.4 Å². The van der Waals surface area contributed by atoms with Crippen LogP contribution in [0.3, 0.4) is 0 Å². The molecule has 0 N–H and O–H groups in total. The van der Waals surface area contributed by atoms with Gasteiger partial charge in [-0.3, -0.25) is 4.79 Å². The van der Waals surface area contributed by atoms with Crippen LogP contribution in [-0.2, 0) is 0 Å². The lowest BCUT2D eigenvalue weighted by Gasteiger charge is -2.11. The van der Waals surface area contributed by atoms with Crippen molar-refractivity contribution in [3.63, 3.8) is 0 Å². The number of hydrogen-bond donors (Lipinski definition) is 0. The van der Waals surface area contributed by atoms with Gasteiger partial charge in [-0.25, -0.2) is 0 Å². The summed E-state index contributed by atoms with van der Waals surface area (Å²) in [6, 6.07) is 27.1. The molecule has 112 valence electrons. The minimum atomic E-state index is 0.730. The zero-order valence-corrected chi connectivity index (χ0v) is 13.0. The van der Waals surface area contributed by atoms with Crippen LogP contribution in [0.25, 0.3) is 44.2 Å². The molecule has 1 nitrogen and oxygen atoms in total. The molecule has 0 aliphatic heterocycles. The molecule has 24 heavy (non-hydrogen) atoms. The molecule has 0 saturated heterocycles. The van der Waals surface area contributed by atoms with Crippen molar-refractivity contribution < 1.29 is 4.79 Å². The van der Waals surface area contributed by atoms with Gasteiger partial charge < -0.3 is 0 Å². The summed E-state index contributed by atoms with van der Waals surface area (Å²) in [6.07, 6.45) is 0.938. The van der Waals surface area contributed by atoms with E-state index in [0.717, 1.165) is 23.0 Å². The summed E-state index contributed by atoms with van der Waals surface area (Å²) in [5.41, 5.74) is 7.98. The Balaban J connectivity index is 1.90. The van der Waals surface area contributed by atoms with Crippen molar-refractivity contribution in [2.24, 2.45) is 0 Å². The van der Waals surface area contributed by atoms with Crippen molar-refractivity contribution in [2.75, 3.05) is 0 Å². The molecule has 4 aromatic carbocycles. The molecule has 0 fully saturated rings. The number of fused-ring (bicyclic) bond motifs is 3. The number of aldehydes is 1. The molecule has 0 amide bonds. The first kappa shape index (κ1) is 13.3. The molecule has 4 aromatic rings. The minimum absolute atomic E-state index is 0.730. The Bertz CT molecular complexity index is 1090. The smallest absolute Gasteiger partial charge is 0.150 e. The van der Waals surface area contributed by atoms with Gasteiger partial charge in [0.15, 0.2) is 6.29 Å². The summed E-state index contributed by atoms with van der Waals surface area (Å²) in [6.45, 7) is 0. The van der Waals surface area contributed by atoms with E-state index < -0.39 is 0 Å². The molecule has 5 rings (SSSR count). The molecule has 1 aliphatic rings. The first-order valence-corrected chi connectivity index (χ1v) is 8.08. The first-order chi connectivity index (χ1) is 11.9. The minimum Gasteiger partial charge on any atom is -0.298 e. The molecular formula is C23H14O. The van der Waals surface area contributed by atoms with Gasteiger partial charge in [0.1, 0.15) is 0 Å². The number of carbonyl (C=O) groups is 1. The lowest BCUT2D eigenvalue weighted by molar-refractivity contribution is 0.112. The number of carbonyl (C=O) groups excluding carboxylic acids is 1. The Kier molecular flexibility index (Phi) is 2.71. The zero-order valence-electron chi connectivity index (χ0n) is 13.0. The van der Waals surface area contributed by atoms with E-state index in [0.29, 0.717) is 0 Å². The number of benzene rings is 4. The summed E-state index contributed by atoms with van der Waals surface area (Å²) in [5.74, 6) is 0. The topological polar surface area (TPSA) is 17.1 Å². The summed E-state index contributed by atoms with van der Waals surface area (Å²) in [4.78, 5) is 11.5. The van der Waals surface area contributed by atoms with Crippen molar-refractivity contribution in [3.8, 4) is 33.4 Å². The van der Waals surface area contributed by atoms with E-state index in [1.807, 2.05) is 24.3 Å². The van der Waals surface area contributed by atoms with Gasteiger partial charge in [-0.15, -0.1) is 0 Å². The molecule has 0 atom stereocenters. The van der Waals surface area contributed by atoms with Crippen LogP contribution in [-0.4, -0.2) is 6.29 Å². The molecule has 0 saturated carbocycles. The summed E-state index contributed by atoms with van der Waals surface area (Å²) in [5, 5.41) is 2.49. The average molecular weight is 306 g/mol. The van der Waals surface area contributed by atoms with Crippen molar-refractivity contribution in [1.29, 1.82) is 0 Å². The van der Waals surface area contributed by atoms with Gasteiger partial charge in [-0.1, -0.05) is 78.9 Å². The van der Waals surface area contributed by atoms with Crippen LogP contribution >= 0.6 is 0 Å². The van der Waals surface area contributed by atoms with Crippen LogP contribution < -0.4 is 0 Å². The van der Waals surface area contributed by atoms with Gasteiger partial charge in [0.05, 0.1) is 0 Å². The van der Waals surface area contributed by atoms with E-state index in [4.69, 9.17) is 0 Å². The standard InChI is InChI=1S/C23H14O/c24-14-15-6-1-2-7-16(15)19-12-13-22-18-9-4-3-8-17(18)20-10-5-11-21(19)23(20)22/h1-14H. The zero-order chi connectivity index (χ0) is 16.1. The molecule has 1 heteroatoms. The Morgan fingerprint density at radius 2 is 1.08 bits per heavy atom. The van der Waals surface area contributed by atoms with Crippen molar-refractivity contribution in [2.45, 2.75) is 0 Å². The third-order valence-corrected chi connectivity index (χ3v) is 4.93. The molecule has 0 radical (unpaired) electrons. The Morgan fingerprint density at radius 3 is 1.83 bits per heavy atom. The normalized spacial score (nSPS) is 11.5. The molecule has 0 aromatic heterocycles. The maximum atomic E-state index is 11.5. The highest BCUT2D eigenvalue weighted by Gasteiger charge is 2.22. The summed E-state index contributed by atoms with van der Waals surface area (Å²) < 4.78 is 0. The van der Waals surface area contributed by atoms with Crippen molar-refractivity contribution in [1.82, 2.24) is 0 Å². The monoisotopic (exact) mass is 306 g/mol. The SMILES string of the molecule is O=Cc1ccccc1-c1ccc2c3c(cccc13)-c1ccccc1-2. The lowest BCUT2D eigenvalue weighted by Crippen LogP contribution is -1.89. The van der Waals surface area contributed by atoms with Crippen LogP contribution in [0.15, 0.2) is 78.9 Å². The number of rotatable bonds is 2. The van der Waals surface area contributed by atoms with Crippen LogP contribution in [0, 0.1) is 0 Å². The van der Waals surface area contributed by atoms with E-state index in [9.17, 15) is 4.79 Å². The summed E-state index contributed by atoms with van der Waals surface area (Å²) >= 11 is 0. The second kappa shape index (κ2) is 4.90. The van der Waals surface area contributed by atoms with E-state index in [-0.39, 0.29) is 0 Å². The van der Waals surface area contributed by atoms with Gasteiger partial charge in [-0.05, 0) is 44.2 Å². The fourth-order valence-corrected chi connectivity index (χ4v) is 3.89. The third-order valence-electron chi connectivity index (χ3n) is 4.93. The van der Waals surface area contributed by atoms with Gasteiger partial charge >= 0.3 is 0 Å². The second-order valence-corrected chi connectivity index (χ2v) is 6.14. The fourth-order valence-electron chi connectivity index (χ4n) is 3.89. The highest BCUT2D eigenvalue weighted by Crippen LogP contribution is 2.49. The molecule has 0 unspecified atom stereocenters. The maximum absolute atomic E-state index is 11.5. The highest BCUT2D eigenvalue weighted by atomic mass is 16.1. The van der Waals surface area contributed by atoms with Crippen LogP contribution in [0.4, 0.5) is 0 Å². The molecule has 1 aliphatic carbocycles. The predicted octanol–water partition coefficient (Wildman–Crippen LogP) is 5.97. The second-order valence-electron chi connectivity index (χ2n) is 6.14. The maximum Gasteiger partial charge on any atom is 0.150 e. The predicted molar refractivity (Wildman–Crippen MR) is 99.2 cm³/mol. The van der Waals surface area contributed by atoms with E-state index in [1.54, 1.807) is 0 Å². The van der Waals surface area contributed by atoms with E-state index >= 15 is 0 Å². The van der Waals surface area contributed by atoms with Gasteiger partial charge in [0.25, 0.3) is 0 Å². The van der Waals surface area contributed by atoms with Gasteiger partial charge in [0, 0.05) is 5.56 Å². The lowest BCUT2D eigenvalue weighted by atomic mass is 9.92. The van der Waals surface area contributed by atoms with Crippen LogP contribution in [0.1, 0.15) is 10.4 Å². The molecule has 0 bridgehead atoms. The Hall–Kier alpha value is -3.19. The third kappa shape index (κ3) is 1.67. The van der Waals surface area contributed by atoms with E-state index in [1.165, 1.54) is 33.0 Å². The number of hydrogen-bond acceptors (Lipinski definition) is 1. The van der Waals surface area contributed by atoms with Gasteiger partial charge in [-0.2, -0.15) is 0 Å².